The summed E-state index contributed by atoms with van der Waals surface area (Å²) in [4.78, 5) is 7.11. The van der Waals surface area contributed by atoms with Crippen LogP contribution in [-0.2, 0) is 0 Å². The van der Waals surface area contributed by atoms with Gasteiger partial charge in [0.25, 0.3) is 0 Å². The minimum Gasteiger partial charge on any atom is -0.294 e. The first-order valence-corrected chi connectivity index (χ1v) is 10.9. The van der Waals surface area contributed by atoms with Gasteiger partial charge in [0.15, 0.2) is 0 Å². The molecule has 0 fully saturated rings. The summed E-state index contributed by atoms with van der Waals surface area (Å²) in [5, 5.41) is 5.31. The summed E-state index contributed by atoms with van der Waals surface area (Å²) in [6.45, 7) is 0. The summed E-state index contributed by atoms with van der Waals surface area (Å²) in [6, 6.07) is 32.5. The second-order valence-electron chi connectivity index (χ2n) is 7.64. The van der Waals surface area contributed by atoms with Gasteiger partial charge in [-0.25, -0.2) is 4.98 Å². The molecular formula is C27H16N2S. The van der Waals surface area contributed by atoms with Crippen molar-refractivity contribution in [1.29, 1.82) is 0 Å². The van der Waals surface area contributed by atoms with Gasteiger partial charge in [-0.3, -0.25) is 4.90 Å². The topological polar surface area (TPSA) is 16.1 Å². The van der Waals surface area contributed by atoms with E-state index in [-0.39, 0.29) is 0 Å². The highest BCUT2D eigenvalue weighted by Gasteiger charge is 2.28. The number of fused-ring (bicyclic) bond motifs is 6. The second kappa shape index (κ2) is 5.91. The van der Waals surface area contributed by atoms with Crippen molar-refractivity contribution < 1.29 is 0 Å². The number of hydrogen-bond acceptors (Lipinski definition) is 3. The molecular weight excluding hydrogens is 384 g/mol. The van der Waals surface area contributed by atoms with Gasteiger partial charge in [-0.05, 0) is 53.4 Å². The third-order valence-corrected chi connectivity index (χ3v) is 7.14. The number of anilines is 3. The molecule has 0 saturated carbocycles. The maximum atomic E-state index is 4.82. The van der Waals surface area contributed by atoms with Crippen LogP contribution in [0.15, 0.2) is 97.2 Å². The van der Waals surface area contributed by atoms with Crippen molar-refractivity contribution in [2.45, 2.75) is 0 Å². The van der Waals surface area contributed by atoms with E-state index in [9.17, 15) is 0 Å². The van der Waals surface area contributed by atoms with Gasteiger partial charge in [0.1, 0.15) is 5.82 Å². The second-order valence-corrected chi connectivity index (χ2v) is 8.72. The van der Waals surface area contributed by atoms with Crippen LogP contribution in [0.5, 0.6) is 0 Å². The zero-order chi connectivity index (χ0) is 19.7. The predicted octanol–water partition coefficient (Wildman–Crippen LogP) is 8.05. The lowest BCUT2D eigenvalue weighted by atomic mass is 9.90. The Bertz CT molecular complexity index is 1600. The first kappa shape index (κ1) is 16.1. The van der Waals surface area contributed by atoms with E-state index >= 15 is 0 Å². The highest BCUT2D eigenvalue weighted by Crippen LogP contribution is 2.53. The molecule has 0 saturated heterocycles. The number of pyridine rings is 1. The fourth-order valence-corrected chi connectivity index (χ4v) is 5.98. The molecule has 0 bridgehead atoms. The van der Waals surface area contributed by atoms with Gasteiger partial charge in [-0.2, -0.15) is 0 Å². The zero-order valence-electron chi connectivity index (χ0n) is 16.0. The molecule has 0 N–H and O–H groups in total. The molecule has 6 aromatic rings. The van der Waals surface area contributed by atoms with Crippen LogP contribution in [0.25, 0.3) is 42.1 Å². The molecule has 0 radical (unpaired) electrons. The average Bonchev–Trinajstić information content (AvgIpc) is 3.19. The molecule has 0 spiro atoms. The standard InChI is InChI=1S/C27H16N2S/c1-2-8-17(9-3-1)29-22-13-6-11-20-25(22)21(18-12-7-15-28-27(18)29)16-24-26(20)19-10-4-5-14-23(19)30-24/h1-16H. The van der Waals surface area contributed by atoms with Gasteiger partial charge >= 0.3 is 0 Å². The van der Waals surface area contributed by atoms with E-state index in [0.717, 1.165) is 11.5 Å². The van der Waals surface area contributed by atoms with Crippen molar-refractivity contribution in [3.8, 4) is 11.1 Å². The minimum absolute atomic E-state index is 0.990. The van der Waals surface area contributed by atoms with E-state index in [1.165, 1.54) is 47.8 Å². The Hall–Kier alpha value is -3.69. The lowest BCUT2D eigenvalue weighted by Crippen LogP contribution is -2.16. The van der Waals surface area contributed by atoms with E-state index in [1.807, 2.05) is 23.6 Å². The molecule has 0 amide bonds. The van der Waals surface area contributed by atoms with Crippen LogP contribution in [0.4, 0.5) is 17.2 Å². The number of aromatic nitrogens is 1. The predicted molar refractivity (Wildman–Crippen MR) is 128 cm³/mol. The molecule has 1 aliphatic heterocycles. The maximum Gasteiger partial charge on any atom is 0.145 e. The van der Waals surface area contributed by atoms with Gasteiger partial charge in [-0.1, -0.05) is 48.5 Å². The van der Waals surface area contributed by atoms with Crippen LogP contribution in [0.2, 0.25) is 0 Å². The fourth-order valence-electron chi connectivity index (χ4n) is 4.82. The van der Waals surface area contributed by atoms with Crippen molar-refractivity contribution in [2.75, 3.05) is 4.90 Å². The highest BCUT2D eigenvalue weighted by molar-refractivity contribution is 7.26. The molecule has 7 rings (SSSR count). The SMILES string of the molecule is c1ccc(N2c3ncccc3-c3cc4sc5ccccc5c4c4cccc2c34)cc1. The van der Waals surface area contributed by atoms with Crippen molar-refractivity contribution in [1.82, 2.24) is 4.98 Å². The van der Waals surface area contributed by atoms with Gasteiger partial charge < -0.3 is 0 Å². The van der Waals surface area contributed by atoms with E-state index in [0.29, 0.717) is 0 Å². The molecule has 4 aromatic carbocycles. The third kappa shape index (κ3) is 2.05. The van der Waals surface area contributed by atoms with E-state index in [2.05, 4.69) is 89.8 Å². The minimum atomic E-state index is 0.990. The molecule has 3 heteroatoms. The Labute approximate surface area is 177 Å². The molecule has 2 aromatic heterocycles. The van der Waals surface area contributed by atoms with Gasteiger partial charge in [0.2, 0.25) is 0 Å². The molecule has 30 heavy (non-hydrogen) atoms. The Balaban J connectivity index is 1.71. The van der Waals surface area contributed by atoms with Gasteiger partial charge in [0.05, 0.1) is 5.69 Å². The molecule has 3 heterocycles. The Morgan fingerprint density at radius 2 is 1.47 bits per heavy atom. The van der Waals surface area contributed by atoms with E-state index < -0.39 is 0 Å². The smallest absolute Gasteiger partial charge is 0.145 e. The Morgan fingerprint density at radius 1 is 0.633 bits per heavy atom. The quantitative estimate of drug-likeness (QED) is 0.277. The molecule has 0 aliphatic carbocycles. The molecule has 1 aliphatic rings. The first-order valence-electron chi connectivity index (χ1n) is 10.1. The third-order valence-electron chi connectivity index (χ3n) is 6.02. The zero-order valence-corrected chi connectivity index (χ0v) is 16.9. The van der Waals surface area contributed by atoms with Gasteiger partial charge in [-0.15, -0.1) is 11.3 Å². The molecule has 140 valence electrons. The lowest BCUT2D eigenvalue weighted by molar-refractivity contribution is 1.18. The van der Waals surface area contributed by atoms with E-state index in [1.54, 1.807) is 0 Å². The summed E-state index contributed by atoms with van der Waals surface area (Å²) in [5.74, 6) is 0.990. The largest absolute Gasteiger partial charge is 0.294 e. The Morgan fingerprint density at radius 3 is 2.40 bits per heavy atom. The number of para-hydroxylation sites is 1. The number of nitrogens with zero attached hydrogens (tertiary/aromatic N) is 2. The lowest BCUT2D eigenvalue weighted by Gasteiger charge is -2.32. The summed E-state index contributed by atoms with van der Waals surface area (Å²) in [6.07, 6.45) is 1.89. The summed E-state index contributed by atoms with van der Waals surface area (Å²) < 4.78 is 2.67. The molecule has 0 unspecified atom stereocenters. The van der Waals surface area contributed by atoms with E-state index in [4.69, 9.17) is 4.98 Å². The number of benzene rings is 4. The van der Waals surface area contributed by atoms with Crippen LogP contribution in [-0.4, -0.2) is 4.98 Å². The van der Waals surface area contributed by atoms with Crippen molar-refractivity contribution in [3.63, 3.8) is 0 Å². The van der Waals surface area contributed by atoms with Gasteiger partial charge in [0, 0.05) is 43.0 Å². The summed E-state index contributed by atoms with van der Waals surface area (Å²) in [5.41, 5.74) is 4.78. The monoisotopic (exact) mass is 400 g/mol. The fraction of sp³-hybridized carbons (Fsp3) is 0. The number of thiophene rings is 1. The van der Waals surface area contributed by atoms with Crippen molar-refractivity contribution in [3.05, 3.63) is 97.2 Å². The average molecular weight is 401 g/mol. The van der Waals surface area contributed by atoms with Crippen molar-refractivity contribution in [2.24, 2.45) is 0 Å². The summed E-state index contributed by atoms with van der Waals surface area (Å²) in [7, 11) is 0. The number of rotatable bonds is 1. The van der Waals surface area contributed by atoms with Crippen LogP contribution in [0.1, 0.15) is 0 Å². The van der Waals surface area contributed by atoms with Crippen LogP contribution in [0.3, 0.4) is 0 Å². The maximum absolute atomic E-state index is 4.82. The normalized spacial score (nSPS) is 12.6. The highest BCUT2D eigenvalue weighted by atomic mass is 32.1. The van der Waals surface area contributed by atoms with Crippen LogP contribution in [0, 0.1) is 0 Å². The van der Waals surface area contributed by atoms with Crippen LogP contribution >= 0.6 is 11.3 Å². The first-order chi connectivity index (χ1) is 14.9. The molecule has 2 nitrogen and oxygen atoms in total. The van der Waals surface area contributed by atoms with Crippen molar-refractivity contribution >= 4 is 59.5 Å². The summed E-state index contributed by atoms with van der Waals surface area (Å²) >= 11 is 1.87. The Kier molecular flexibility index (Phi) is 3.18. The number of hydrogen-bond donors (Lipinski definition) is 0. The molecule has 0 atom stereocenters. The van der Waals surface area contributed by atoms with Crippen LogP contribution < -0.4 is 4.90 Å².